The summed E-state index contributed by atoms with van der Waals surface area (Å²) in [4.78, 5) is 26.0. The van der Waals surface area contributed by atoms with Crippen LogP contribution in [-0.4, -0.2) is 18.4 Å². The summed E-state index contributed by atoms with van der Waals surface area (Å²) in [7, 11) is 0. The molecule has 1 N–H and O–H groups in total. The van der Waals surface area contributed by atoms with Crippen molar-refractivity contribution in [2.75, 3.05) is 16.8 Å². The van der Waals surface area contributed by atoms with Gasteiger partial charge in [-0.1, -0.05) is 32.0 Å². The van der Waals surface area contributed by atoms with Crippen LogP contribution in [0.15, 0.2) is 48.5 Å². The van der Waals surface area contributed by atoms with E-state index >= 15 is 0 Å². The lowest BCUT2D eigenvalue weighted by Gasteiger charge is -2.18. The first-order valence-corrected chi connectivity index (χ1v) is 9.03. The van der Waals surface area contributed by atoms with Crippen LogP contribution in [0.25, 0.3) is 0 Å². The smallest absolute Gasteiger partial charge is 0.326 e. The fraction of sp³-hybridized carbons (Fsp3) is 0.333. The summed E-state index contributed by atoms with van der Waals surface area (Å²) in [6, 6.07) is 12.0. The molecule has 0 aliphatic carbocycles. The molecule has 0 saturated carbocycles. The summed E-state index contributed by atoms with van der Waals surface area (Å²) in [6.07, 6.45) is -4.52. The Hall–Kier alpha value is -2.83. The van der Waals surface area contributed by atoms with Crippen LogP contribution < -0.4 is 10.2 Å². The summed E-state index contributed by atoms with van der Waals surface area (Å²) in [6.45, 7) is 4.19. The molecule has 0 radical (unpaired) electrons. The molecule has 148 valence electrons. The Bertz CT molecular complexity index is 876. The Morgan fingerprint density at radius 1 is 1.14 bits per heavy atom. The summed E-state index contributed by atoms with van der Waals surface area (Å²) in [5, 5.41) is 2.78. The van der Waals surface area contributed by atoms with Gasteiger partial charge in [0.1, 0.15) is 0 Å². The van der Waals surface area contributed by atoms with E-state index in [0.717, 1.165) is 17.7 Å². The molecule has 1 unspecified atom stereocenters. The molecule has 4 nitrogen and oxygen atoms in total. The third-order valence-electron chi connectivity index (χ3n) is 4.83. The quantitative estimate of drug-likeness (QED) is 0.814. The van der Waals surface area contributed by atoms with Gasteiger partial charge in [-0.2, -0.15) is 13.2 Å². The topological polar surface area (TPSA) is 49.4 Å². The molecule has 2 aromatic rings. The molecule has 7 heteroatoms. The molecular formula is C21H21F3N2O2. The molecule has 1 saturated heterocycles. The number of amides is 2. The average molecular weight is 390 g/mol. The van der Waals surface area contributed by atoms with Crippen LogP contribution in [0.1, 0.15) is 37.3 Å². The van der Waals surface area contributed by atoms with Gasteiger partial charge in [-0.3, -0.25) is 9.59 Å². The van der Waals surface area contributed by atoms with Crippen LogP contribution in [0.5, 0.6) is 0 Å². The molecule has 0 aromatic heterocycles. The van der Waals surface area contributed by atoms with Gasteiger partial charge < -0.3 is 10.2 Å². The van der Waals surface area contributed by atoms with Crippen LogP contribution in [0.2, 0.25) is 0 Å². The number of hydrogen-bond donors (Lipinski definition) is 1. The van der Waals surface area contributed by atoms with Gasteiger partial charge >= 0.3 is 6.18 Å². The van der Waals surface area contributed by atoms with Crippen molar-refractivity contribution in [1.29, 1.82) is 0 Å². The lowest BCUT2D eigenvalue weighted by Crippen LogP contribution is -2.28. The second kappa shape index (κ2) is 7.66. The minimum absolute atomic E-state index is 0.0356. The Labute approximate surface area is 161 Å². The van der Waals surface area contributed by atoms with Crippen LogP contribution in [0.3, 0.4) is 0 Å². The number of hydrogen-bond acceptors (Lipinski definition) is 2. The fourth-order valence-electron chi connectivity index (χ4n) is 3.18. The van der Waals surface area contributed by atoms with Crippen molar-refractivity contribution in [3.63, 3.8) is 0 Å². The molecule has 28 heavy (non-hydrogen) atoms. The van der Waals surface area contributed by atoms with E-state index in [4.69, 9.17) is 0 Å². The second-order valence-corrected chi connectivity index (χ2v) is 7.22. The highest BCUT2D eigenvalue weighted by molar-refractivity contribution is 6.03. The van der Waals surface area contributed by atoms with Crippen LogP contribution >= 0.6 is 0 Å². The maximum Gasteiger partial charge on any atom is 0.416 e. The third kappa shape index (κ3) is 4.35. The number of carbonyl (C=O) groups excluding carboxylic acids is 2. The number of rotatable bonds is 4. The first-order valence-electron chi connectivity index (χ1n) is 9.03. The Balaban J connectivity index is 1.69. The highest BCUT2D eigenvalue weighted by Gasteiger charge is 2.37. The fourth-order valence-corrected chi connectivity index (χ4v) is 3.18. The van der Waals surface area contributed by atoms with Gasteiger partial charge in [0.15, 0.2) is 0 Å². The van der Waals surface area contributed by atoms with Crippen LogP contribution in [-0.2, 0) is 15.8 Å². The van der Waals surface area contributed by atoms with Crippen molar-refractivity contribution in [2.24, 2.45) is 5.92 Å². The normalized spacial score (nSPS) is 17.3. The first-order chi connectivity index (χ1) is 13.1. The van der Waals surface area contributed by atoms with Gasteiger partial charge in [0.25, 0.3) is 0 Å². The molecule has 1 aliphatic heterocycles. The van der Waals surface area contributed by atoms with Crippen LogP contribution in [0, 0.1) is 5.92 Å². The Morgan fingerprint density at radius 2 is 1.82 bits per heavy atom. The van der Waals surface area contributed by atoms with E-state index in [0.29, 0.717) is 11.6 Å². The summed E-state index contributed by atoms with van der Waals surface area (Å²) >= 11 is 0. The predicted molar refractivity (Wildman–Crippen MR) is 101 cm³/mol. The zero-order valence-electron chi connectivity index (χ0n) is 15.6. The zero-order chi connectivity index (χ0) is 20.5. The molecule has 0 spiro atoms. The van der Waals surface area contributed by atoms with E-state index in [1.165, 1.54) is 17.0 Å². The SMILES string of the molecule is CC(C)c1ccc(NC(=O)C2CC(=O)N(c3cccc(C(F)(F)F)c3)C2)cc1. The number of anilines is 2. The summed E-state index contributed by atoms with van der Waals surface area (Å²) in [5.41, 5.74) is 1.09. The van der Waals surface area contributed by atoms with Gasteiger partial charge in [0.05, 0.1) is 11.5 Å². The van der Waals surface area contributed by atoms with Gasteiger partial charge in [0, 0.05) is 24.3 Å². The van der Waals surface area contributed by atoms with E-state index < -0.39 is 17.7 Å². The highest BCUT2D eigenvalue weighted by atomic mass is 19.4. The molecule has 1 aliphatic rings. The summed E-state index contributed by atoms with van der Waals surface area (Å²) in [5.74, 6) is -0.931. The standard InChI is InChI=1S/C21H21F3N2O2/c1-13(2)14-6-8-17(9-7-14)25-20(28)15-10-19(27)26(12-15)18-5-3-4-16(11-18)21(22,23)24/h3-9,11,13,15H,10,12H2,1-2H3,(H,25,28). The van der Waals surface area contributed by atoms with Crippen molar-refractivity contribution >= 4 is 23.2 Å². The molecule has 0 bridgehead atoms. The molecule has 2 aromatic carbocycles. The number of carbonyl (C=O) groups is 2. The largest absolute Gasteiger partial charge is 0.416 e. The van der Waals surface area contributed by atoms with Gasteiger partial charge in [-0.15, -0.1) is 0 Å². The van der Waals surface area contributed by atoms with E-state index in [-0.39, 0.29) is 30.5 Å². The minimum Gasteiger partial charge on any atom is -0.326 e. The molecule has 1 fully saturated rings. The lowest BCUT2D eigenvalue weighted by atomic mass is 10.0. The number of halogens is 3. The Kier molecular flexibility index (Phi) is 5.45. The highest BCUT2D eigenvalue weighted by Crippen LogP contribution is 2.33. The van der Waals surface area contributed by atoms with Crippen LogP contribution in [0.4, 0.5) is 24.5 Å². The van der Waals surface area contributed by atoms with Gasteiger partial charge in [-0.25, -0.2) is 0 Å². The maximum atomic E-state index is 12.9. The van der Waals surface area contributed by atoms with E-state index in [9.17, 15) is 22.8 Å². The van der Waals surface area contributed by atoms with Gasteiger partial charge in [-0.05, 0) is 41.8 Å². The maximum absolute atomic E-state index is 12.9. The summed E-state index contributed by atoms with van der Waals surface area (Å²) < 4.78 is 38.7. The average Bonchev–Trinajstić information content (AvgIpc) is 3.03. The molecule has 2 amide bonds. The monoisotopic (exact) mass is 390 g/mol. The Morgan fingerprint density at radius 3 is 2.43 bits per heavy atom. The van der Waals surface area contributed by atoms with Crippen molar-refractivity contribution in [1.82, 2.24) is 0 Å². The number of nitrogens with zero attached hydrogens (tertiary/aromatic N) is 1. The van der Waals surface area contributed by atoms with E-state index in [1.807, 2.05) is 12.1 Å². The third-order valence-corrected chi connectivity index (χ3v) is 4.83. The van der Waals surface area contributed by atoms with Crippen molar-refractivity contribution in [3.8, 4) is 0 Å². The molecule has 1 atom stereocenters. The first kappa shape index (κ1) is 19.9. The van der Waals surface area contributed by atoms with Crippen molar-refractivity contribution < 1.29 is 22.8 Å². The van der Waals surface area contributed by atoms with Crippen molar-refractivity contribution in [2.45, 2.75) is 32.4 Å². The lowest BCUT2D eigenvalue weighted by molar-refractivity contribution is -0.137. The predicted octanol–water partition coefficient (Wildman–Crippen LogP) is 4.82. The minimum atomic E-state index is -4.49. The van der Waals surface area contributed by atoms with Gasteiger partial charge in [0.2, 0.25) is 11.8 Å². The molecular weight excluding hydrogens is 369 g/mol. The number of alkyl halides is 3. The van der Waals surface area contributed by atoms with E-state index in [1.54, 1.807) is 12.1 Å². The molecule has 3 rings (SSSR count). The zero-order valence-corrected chi connectivity index (χ0v) is 15.6. The van der Waals surface area contributed by atoms with Crippen molar-refractivity contribution in [3.05, 3.63) is 59.7 Å². The van der Waals surface area contributed by atoms with E-state index in [2.05, 4.69) is 19.2 Å². The number of benzene rings is 2. The second-order valence-electron chi connectivity index (χ2n) is 7.22. The number of nitrogens with one attached hydrogen (secondary N) is 1. The molecule has 1 heterocycles.